The summed E-state index contributed by atoms with van der Waals surface area (Å²) < 4.78 is 27.5. The second-order valence-electron chi connectivity index (χ2n) is 7.66. The highest BCUT2D eigenvalue weighted by molar-refractivity contribution is 7.89. The number of rotatable bonds is 4. The van der Waals surface area contributed by atoms with Gasteiger partial charge in [-0.3, -0.25) is 4.79 Å². The van der Waals surface area contributed by atoms with E-state index >= 15 is 0 Å². The van der Waals surface area contributed by atoms with E-state index < -0.39 is 10.0 Å². The minimum Gasteiger partial charge on any atom is -0.508 e. The van der Waals surface area contributed by atoms with Crippen LogP contribution in [0, 0.1) is 12.8 Å². The summed E-state index contributed by atoms with van der Waals surface area (Å²) in [7, 11) is -3.56. The number of sulfonamides is 1. The number of carbonyl (C=O) groups excluding carboxylic acids is 1. The molecule has 29 heavy (non-hydrogen) atoms. The summed E-state index contributed by atoms with van der Waals surface area (Å²) in [4.78, 5) is 12.9. The fourth-order valence-electron chi connectivity index (χ4n) is 3.88. The van der Waals surface area contributed by atoms with Crippen molar-refractivity contribution in [2.45, 2.75) is 31.1 Å². The number of amides is 1. The predicted molar refractivity (Wildman–Crippen MR) is 112 cm³/mol. The Morgan fingerprint density at radius 3 is 2.66 bits per heavy atom. The van der Waals surface area contributed by atoms with Gasteiger partial charge in [0.15, 0.2) is 0 Å². The Labute approximate surface area is 170 Å². The fraction of sp³-hybridized carbons (Fsp3) is 0.381. The highest BCUT2D eigenvalue weighted by Crippen LogP contribution is 2.29. The summed E-state index contributed by atoms with van der Waals surface area (Å²) in [5.41, 5.74) is 3.31. The highest BCUT2D eigenvalue weighted by atomic mass is 32.2. The SMILES string of the molecule is Cc1ccc(NC(=O)C2CCN(S(=O)(=O)c3ccc4c(c3)CCN4)CC2)cc1O. The molecule has 0 atom stereocenters. The van der Waals surface area contributed by atoms with Gasteiger partial charge in [-0.15, -0.1) is 0 Å². The van der Waals surface area contributed by atoms with Gasteiger partial charge in [0.1, 0.15) is 5.75 Å². The van der Waals surface area contributed by atoms with E-state index in [4.69, 9.17) is 0 Å². The fourth-order valence-corrected chi connectivity index (χ4v) is 5.40. The van der Waals surface area contributed by atoms with Crippen molar-refractivity contribution in [1.29, 1.82) is 0 Å². The molecule has 1 fully saturated rings. The van der Waals surface area contributed by atoms with Crippen LogP contribution in [0.15, 0.2) is 41.3 Å². The molecule has 0 unspecified atom stereocenters. The maximum atomic E-state index is 13.0. The summed E-state index contributed by atoms with van der Waals surface area (Å²) in [5.74, 6) is -0.267. The first-order chi connectivity index (χ1) is 13.8. The molecule has 4 rings (SSSR count). The molecule has 0 radical (unpaired) electrons. The van der Waals surface area contributed by atoms with Crippen LogP contribution >= 0.6 is 0 Å². The minimum atomic E-state index is -3.56. The van der Waals surface area contributed by atoms with Crippen molar-refractivity contribution < 1.29 is 18.3 Å². The Hall–Kier alpha value is -2.58. The van der Waals surface area contributed by atoms with Crippen LogP contribution in [0.3, 0.4) is 0 Å². The number of nitrogens with one attached hydrogen (secondary N) is 2. The molecule has 2 aromatic carbocycles. The first-order valence-corrected chi connectivity index (χ1v) is 11.3. The van der Waals surface area contributed by atoms with Crippen molar-refractivity contribution in [3.05, 3.63) is 47.5 Å². The average molecular weight is 416 g/mol. The van der Waals surface area contributed by atoms with Gasteiger partial charge < -0.3 is 15.7 Å². The van der Waals surface area contributed by atoms with Crippen LogP contribution in [-0.4, -0.2) is 43.4 Å². The number of phenols is 1. The van der Waals surface area contributed by atoms with E-state index in [9.17, 15) is 18.3 Å². The van der Waals surface area contributed by atoms with Gasteiger partial charge in [-0.1, -0.05) is 6.07 Å². The lowest BCUT2D eigenvalue weighted by Crippen LogP contribution is -2.41. The number of hydrogen-bond donors (Lipinski definition) is 3. The largest absolute Gasteiger partial charge is 0.508 e. The van der Waals surface area contributed by atoms with Crippen LogP contribution in [0.25, 0.3) is 0 Å². The molecule has 0 saturated carbocycles. The van der Waals surface area contributed by atoms with Crippen LogP contribution in [0.5, 0.6) is 5.75 Å². The van der Waals surface area contributed by atoms with Gasteiger partial charge >= 0.3 is 0 Å². The van der Waals surface area contributed by atoms with Crippen molar-refractivity contribution in [3.8, 4) is 5.75 Å². The number of aromatic hydroxyl groups is 1. The van der Waals surface area contributed by atoms with E-state index in [2.05, 4.69) is 10.6 Å². The molecule has 0 bridgehead atoms. The lowest BCUT2D eigenvalue weighted by molar-refractivity contribution is -0.120. The van der Waals surface area contributed by atoms with Crippen molar-refractivity contribution in [2.24, 2.45) is 5.92 Å². The molecule has 0 aliphatic carbocycles. The Morgan fingerprint density at radius 2 is 1.93 bits per heavy atom. The molecule has 0 spiro atoms. The molecular weight excluding hydrogens is 390 g/mol. The maximum Gasteiger partial charge on any atom is 0.243 e. The number of fused-ring (bicyclic) bond motifs is 1. The van der Waals surface area contributed by atoms with Gasteiger partial charge in [0.05, 0.1) is 4.90 Å². The van der Waals surface area contributed by atoms with E-state index in [1.807, 2.05) is 6.07 Å². The number of carbonyl (C=O) groups is 1. The molecule has 2 aromatic rings. The predicted octanol–water partition coefficient (Wildman–Crippen LogP) is 2.71. The van der Waals surface area contributed by atoms with E-state index in [1.165, 1.54) is 10.4 Å². The number of piperidine rings is 1. The number of nitrogens with zero attached hydrogens (tertiary/aromatic N) is 1. The third kappa shape index (κ3) is 3.95. The monoisotopic (exact) mass is 415 g/mol. The van der Waals surface area contributed by atoms with E-state index in [0.29, 0.717) is 36.5 Å². The first kappa shape index (κ1) is 19.7. The number of benzene rings is 2. The van der Waals surface area contributed by atoms with Gasteiger partial charge in [0, 0.05) is 43.0 Å². The topological polar surface area (TPSA) is 98.7 Å². The first-order valence-electron chi connectivity index (χ1n) is 9.82. The molecule has 154 valence electrons. The second-order valence-corrected chi connectivity index (χ2v) is 9.60. The summed E-state index contributed by atoms with van der Waals surface area (Å²) in [6, 6.07) is 10.2. The quantitative estimate of drug-likeness (QED) is 0.713. The number of anilines is 2. The van der Waals surface area contributed by atoms with Crippen LogP contribution in [0.2, 0.25) is 0 Å². The number of aryl methyl sites for hydroxylation is 1. The maximum absolute atomic E-state index is 13.0. The lowest BCUT2D eigenvalue weighted by atomic mass is 9.97. The van der Waals surface area contributed by atoms with E-state index in [0.717, 1.165) is 29.8 Å². The van der Waals surface area contributed by atoms with Crippen molar-refractivity contribution in [1.82, 2.24) is 4.31 Å². The van der Waals surface area contributed by atoms with Crippen LogP contribution in [0.4, 0.5) is 11.4 Å². The zero-order valence-corrected chi connectivity index (χ0v) is 17.1. The highest BCUT2D eigenvalue weighted by Gasteiger charge is 2.32. The lowest BCUT2D eigenvalue weighted by Gasteiger charge is -2.30. The molecular formula is C21H25N3O4S. The van der Waals surface area contributed by atoms with Gasteiger partial charge in [0.2, 0.25) is 15.9 Å². The third-order valence-electron chi connectivity index (χ3n) is 5.73. The molecule has 2 aliphatic heterocycles. The zero-order chi connectivity index (χ0) is 20.6. The summed E-state index contributed by atoms with van der Waals surface area (Å²) in [6.07, 6.45) is 1.76. The van der Waals surface area contributed by atoms with Gasteiger partial charge in [-0.05, 0) is 61.6 Å². The van der Waals surface area contributed by atoms with Crippen LogP contribution in [0.1, 0.15) is 24.0 Å². The zero-order valence-electron chi connectivity index (χ0n) is 16.3. The molecule has 2 aliphatic rings. The number of phenolic OH excluding ortho intramolecular Hbond substituents is 1. The normalized spacial score (nSPS) is 17.6. The van der Waals surface area contributed by atoms with Gasteiger partial charge in [-0.25, -0.2) is 8.42 Å². The van der Waals surface area contributed by atoms with Gasteiger partial charge in [0.25, 0.3) is 0 Å². The van der Waals surface area contributed by atoms with Crippen molar-refractivity contribution in [2.75, 3.05) is 30.3 Å². The Morgan fingerprint density at radius 1 is 1.17 bits per heavy atom. The van der Waals surface area contributed by atoms with Crippen LogP contribution in [-0.2, 0) is 21.2 Å². The summed E-state index contributed by atoms with van der Waals surface area (Å²) in [6.45, 7) is 3.25. The molecule has 8 heteroatoms. The molecule has 7 nitrogen and oxygen atoms in total. The number of hydrogen-bond acceptors (Lipinski definition) is 5. The molecule has 1 saturated heterocycles. The third-order valence-corrected chi connectivity index (χ3v) is 7.62. The summed E-state index contributed by atoms with van der Waals surface area (Å²) in [5, 5.41) is 15.8. The molecule has 2 heterocycles. The smallest absolute Gasteiger partial charge is 0.243 e. The second kappa shape index (κ2) is 7.68. The van der Waals surface area contributed by atoms with Crippen LogP contribution < -0.4 is 10.6 Å². The Kier molecular flexibility index (Phi) is 5.23. The average Bonchev–Trinajstić information content (AvgIpc) is 3.19. The minimum absolute atomic E-state index is 0.133. The summed E-state index contributed by atoms with van der Waals surface area (Å²) >= 11 is 0. The molecule has 1 amide bonds. The molecule has 0 aromatic heterocycles. The standard InChI is InChI=1S/C21H25N3O4S/c1-14-2-3-17(13-20(14)25)23-21(26)15-7-10-24(11-8-15)29(27,28)18-4-5-19-16(12-18)6-9-22-19/h2-5,12-13,15,22,25H,6-11H2,1H3,(H,23,26). The van der Waals surface area contributed by atoms with Crippen molar-refractivity contribution >= 4 is 27.3 Å². The van der Waals surface area contributed by atoms with E-state index in [-0.39, 0.29) is 17.6 Å². The van der Waals surface area contributed by atoms with Gasteiger partial charge in [-0.2, -0.15) is 4.31 Å². The van der Waals surface area contributed by atoms with Crippen molar-refractivity contribution in [3.63, 3.8) is 0 Å². The Bertz CT molecular complexity index is 1040. The molecule has 3 N–H and O–H groups in total. The van der Waals surface area contributed by atoms with E-state index in [1.54, 1.807) is 31.2 Å². The Balaban J connectivity index is 1.39.